The lowest BCUT2D eigenvalue weighted by Crippen LogP contribution is -2.22. The Kier molecular flexibility index (Phi) is 3.84. The summed E-state index contributed by atoms with van der Waals surface area (Å²) >= 11 is 0. The molecule has 1 aromatic carbocycles. The van der Waals surface area contributed by atoms with Gasteiger partial charge < -0.3 is 9.88 Å². The second-order valence-electron chi connectivity index (χ2n) is 4.65. The van der Waals surface area contributed by atoms with Gasteiger partial charge in [0.2, 0.25) is 0 Å². The van der Waals surface area contributed by atoms with Gasteiger partial charge >= 0.3 is 12.4 Å². The third kappa shape index (κ3) is 3.34. The maximum atomic E-state index is 12.9. The van der Waals surface area contributed by atoms with E-state index in [0.29, 0.717) is 6.07 Å². The number of nitrogens with one attached hydrogen (secondary N) is 1. The molecule has 0 radical (unpaired) electrons. The summed E-state index contributed by atoms with van der Waals surface area (Å²) in [4.78, 5) is 11.6. The Hall–Kier alpha value is -2.19. The molecule has 120 valence electrons. The van der Waals surface area contributed by atoms with E-state index in [0.717, 1.165) is 22.8 Å². The number of aryl methyl sites for hydroxylation is 1. The fraction of sp³-hybridized carbons (Fsp3) is 0.308. The predicted octanol–water partition coefficient (Wildman–Crippen LogP) is 3.53. The molecule has 0 fully saturated rings. The lowest BCUT2D eigenvalue weighted by Gasteiger charge is -2.15. The highest BCUT2D eigenvalue weighted by Crippen LogP contribution is 2.34. The number of rotatable bonds is 2. The topological polar surface area (TPSA) is 34.0 Å². The number of anilines is 1. The number of aromatic nitrogens is 1. The Morgan fingerprint density at radius 3 is 2.27 bits per heavy atom. The normalized spacial score (nSPS) is 12.7. The van der Waals surface area contributed by atoms with Crippen molar-refractivity contribution in [3.8, 4) is 0 Å². The number of alkyl halides is 6. The van der Waals surface area contributed by atoms with Crippen molar-refractivity contribution in [3.63, 3.8) is 0 Å². The van der Waals surface area contributed by atoms with Crippen molar-refractivity contribution < 1.29 is 26.3 Å². The molecule has 0 aliphatic rings. The highest BCUT2D eigenvalue weighted by molar-refractivity contribution is 5.86. The summed E-state index contributed by atoms with van der Waals surface area (Å²) in [5, 5.41) is 1.80. The maximum Gasteiger partial charge on any atom is 0.417 e. The maximum absolute atomic E-state index is 12.9. The van der Waals surface area contributed by atoms with Gasteiger partial charge in [-0.2, -0.15) is 26.3 Å². The number of nitrogens with zero attached hydrogens (tertiary/aromatic N) is 1. The summed E-state index contributed by atoms with van der Waals surface area (Å²) in [7, 11) is 1.25. The van der Waals surface area contributed by atoms with E-state index in [9.17, 15) is 31.1 Å². The molecule has 0 saturated carbocycles. The van der Waals surface area contributed by atoms with Crippen LogP contribution in [0.3, 0.4) is 0 Å². The second kappa shape index (κ2) is 5.22. The van der Waals surface area contributed by atoms with Crippen LogP contribution in [0.4, 0.5) is 32.0 Å². The van der Waals surface area contributed by atoms with Crippen LogP contribution < -0.4 is 10.9 Å². The van der Waals surface area contributed by atoms with E-state index in [1.807, 2.05) is 0 Å². The van der Waals surface area contributed by atoms with E-state index in [4.69, 9.17) is 0 Å². The summed E-state index contributed by atoms with van der Waals surface area (Å²) in [6.07, 6.45) is -9.19. The number of halogens is 6. The molecule has 1 N–H and O–H groups in total. The van der Waals surface area contributed by atoms with E-state index in [2.05, 4.69) is 5.32 Å². The minimum Gasteiger partial charge on any atom is -0.376 e. The van der Waals surface area contributed by atoms with Crippen molar-refractivity contribution in [2.45, 2.75) is 12.4 Å². The van der Waals surface area contributed by atoms with Gasteiger partial charge in [-0.05, 0) is 12.1 Å². The van der Waals surface area contributed by atoms with Crippen molar-refractivity contribution in [3.05, 3.63) is 40.2 Å². The third-order valence-corrected chi connectivity index (χ3v) is 3.05. The molecular formula is C13H10F6N2O. The van der Waals surface area contributed by atoms with Gasteiger partial charge in [0, 0.05) is 24.2 Å². The molecule has 0 spiro atoms. The zero-order chi connectivity index (χ0) is 16.7. The number of hydrogen-bond donors (Lipinski definition) is 1. The van der Waals surface area contributed by atoms with Crippen molar-refractivity contribution in [2.24, 2.45) is 7.05 Å². The minimum atomic E-state index is -4.73. The molecule has 0 saturated heterocycles. The van der Waals surface area contributed by atoms with Crippen LogP contribution in [-0.2, 0) is 13.2 Å². The fourth-order valence-corrected chi connectivity index (χ4v) is 2.00. The molecule has 22 heavy (non-hydrogen) atoms. The molecule has 0 amide bonds. The third-order valence-electron chi connectivity index (χ3n) is 3.05. The minimum absolute atomic E-state index is 0.0286. The van der Waals surface area contributed by atoms with E-state index >= 15 is 0 Å². The first-order chi connectivity index (χ1) is 9.99. The zero-order valence-corrected chi connectivity index (χ0v) is 11.1. The van der Waals surface area contributed by atoms with Gasteiger partial charge in [-0.3, -0.25) is 4.79 Å². The van der Waals surface area contributed by atoms with E-state index < -0.39 is 30.0 Å². The van der Waals surface area contributed by atoms with Crippen LogP contribution in [0.5, 0.6) is 0 Å². The lowest BCUT2D eigenvalue weighted by molar-refractivity contribution is -0.136. The Labute approximate surface area is 120 Å². The molecular weight excluding hydrogens is 314 g/mol. The average molecular weight is 324 g/mol. The highest BCUT2D eigenvalue weighted by Gasteiger charge is 2.33. The van der Waals surface area contributed by atoms with Crippen LogP contribution in [0.25, 0.3) is 10.9 Å². The summed E-state index contributed by atoms with van der Waals surface area (Å²) in [5.74, 6) is 0. The summed E-state index contributed by atoms with van der Waals surface area (Å²) in [5.41, 5.74) is -2.15. The summed E-state index contributed by atoms with van der Waals surface area (Å²) < 4.78 is 76.2. The Balaban J connectivity index is 2.57. The van der Waals surface area contributed by atoms with Gasteiger partial charge in [0.15, 0.2) is 0 Å². The first-order valence-electron chi connectivity index (χ1n) is 6.00. The molecule has 0 aliphatic carbocycles. The standard InChI is InChI=1S/C13H10F6N2O/c1-21-10-4-7(20-6-12(14,15)16)2-3-8(10)9(5-11(21)22)13(17,18)19/h2-5,20H,6H2,1H3. The Morgan fingerprint density at radius 1 is 1.09 bits per heavy atom. The number of pyridine rings is 1. The monoisotopic (exact) mass is 324 g/mol. The first-order valence-corrected chi connectivity index (χ1v) is 6.00. The van der Waals surface area contributed by atoms with E-state index in [-0.39, 0.29) is 16.6 Å². The molecule has 2 rings (SSSR count). The SMILES string of the molecule is Cn1c(=O)cc(C(F)(F)F)c2ccc(NCC(F)(F)F)cc21. The Bertz CT molecular complexity index is 760. The van der Waals surface area contributed by atoms with Crippen molar-refractivity contribution >= 4 is 16.6 Å². The molecule has 0 aliphatic heterocycles. The largest absolute Gasteiger partial charge is 0.417 e. The van der Waals surface area contributed by atoms with Crippen LogP contribution in [0.15, 0.2) is 29.1 Å². The fourth-order valence-electron chi connectivity index (χ4n) is 2.00. The zero-order valence-electron chi connectivity index (χ0n) is 11.1. The van der Waals surface area contributed by atoms with Gasteiger partial charge in [-0.15, -0.1) is 0 Å². The van der Waals surface area contributed by atoms with Gasteiger partial charge in [-0.25, -0.2) is 0 Å². The summed E-state index contributed by atoms with van der Waals surface area (Å²) in [6, 6.07) is 3.69. The number of fused-ring (bicyclic) bond motifs is 1. The van der Waals surface area contributed by atoms with Crippen molar-refractivity contribution in [1.82, 2.24) is 4.57 Å². The molecule has 0 bridgehead atoms. The Morgan fingerprint density at radius 2 is 1.73 bits per heavy atom. The van der Waals surface area contributed by atoms with Crippen LogP contribution in [-0.4, -0.2) is 17.3 Å². The van der Waals surface area contributed by atoms with E-state index in [1.165, 1.54) is 7.05 Å². The lowest BCUT2D eigenvalue weighted by atomic mass is 10.1. The van der Waals surface area contributed by atoms with Crippen molar-refractivity contribution in [1.29, 1.82) is 0 Å². The molecule has 1 heterocycles. The quantitative estimate of drug-likeness (QED) is 0.858. The number of hydrogen-bond acceptors (Lipinski definition) is 2. The average Bonchev–Trinajstić information content (AvgIpc) is 2.38. The van der Waals surface area contributed by atoms with Crippen LogP contribution in [0.2, 0.25) is 0 Å². The second-order valence-corrected chi connectivity index (χ2v) is 4.65. The van der Waals surface area contributed by atoms with Gasteiger partial charge in [0.1, 0.15) is 6.54 Å². The molecule has 9 heteroatoms. The molecule has 2 aromatic rings. The van der Waals surface area contributed by atoms with Gasteiger partial charge in [-0.1, -0.05) is 6.07 Å². The van der Waals surface area contributed by atoms with Crippen LogP contribution in [0.1, 0.15) is 5.56 Å². The molecule has 0 atom stereocenters. The highest BCUT2D eigenvalue weighted by atomic mass is 19.4. The van der Waals surface area contributed by atoms with Crippen LogP contribution >= 0.6 is 0 Å². The molecule has 1 aromatic heterocycles. The van der Waals surface area contributed by atoms with E-state index in [1.54, 1.807) is 0 Å². The predicted molar refractivity (Wildman–Crippen MR) is 68.7 cm³/mol. The van der Waals surface area contributed by atoms with Crippen LogP contribution in [0, 0.1) is 0 Å². The van der Waals surface area contributed by atoms with Crippen molar-refractivity contribution in [2.75, 3.05) is 11.9 Å². The molecule has 3 nitrogen and oxygen atoms in total. The smallest absolute Gasteiger partial charge is 0.376 e. The number of benzene rings is 1. The first kappa shape index (κ1) is 16.2. The van der Waals surface area contributed by atoms with Gasteiger partial charge in [0.25, 0.3) is 5.56 Å². The summed E-state index contributed by atoms with van der Waals surface area (Å²) in [6.45, 7) is -1.33. The molecule has 0 unspecified atom stereocenters. The van der Waals surface area contributed by atoms with Gasteiger partial charge in [0.05, 0.1) is 11.1 Å².